The number of hydrogen-bond donors (Lipinski definition) is 2. The quantitative estimate of drug-likeness (QED) is 0.745. The second kappa shape index (κ2) is 5.80. The van der Waals surface area contributed by atoms with Crippen LogP contribution in [0, 0.1) is 0 Å². The molecule has 0 aromatic carbocycles. The summed E-state index contributed by atoms with van der Waals surface area (Å²) in [6.07, 6.45) is 10.1. The van der Waals surface area contributed by atoms with Gasteiger partial charge in [0.25, 0.3) is 0 Å². The van der Waals surface area contributed by atoms with Gasteiger partial charge in [-0.25, -0.2) is 0 Å². The molecule has 0 aromatic heterocycles. The second-order valence-electron chi connectivity index (χ2n) is 8.14. The Balaban J connectivity index is 1.57. The first-order chi connectivity index (χ1) is 9.99. The minimum Gasteiger partial charge on any atom is -0.394 e. The number of likely N-dealkylation sites (N-methyl/N-ethyl adjacent to an activating group) is 2. The predicted octanol–water partition coefficient (Wildman–Crippen LogP) is 1.44. The minimum atomic E-state index is 0.00495. The van der Waals surface area contributed by atoms with Crippen LogP contribution in [0.4, 0.5) is 0 Å². The molecule has 3 fully saturated rings. The van der Waals surface area contributed by atoms with Crippen LogP contribution in [0.1, 0.15) is 51.4 Å². The first kappa shape index (κ1) is 15.7. The Morgan fingerprint density at radius 1 is 1.10 bits per heavy atom. The molecule has 0 aromatic rings. The van der Waals surface area contributed by atoms with Crippen LogP contribution in [0.15, 0.2) is 0 Å². The van der Waals surface area contributed by atoms with Crippen molar-refractivity contribution < 1.29 is 5.11 Å². The molecule has 2 unspecified atom stereocenters. The van der Waals surface area contributed by atoms with Gasteiger partial charge in [-0.15, -0.1) is 0 Å². The summed E-state index contributed by atoms with van der Waals surface area (Å²) < 4.78 is 0. The van der Waals surface area contributed by atoms with Gasteiger partial charge in [0.15, 0.2) is 0 Å². The highest BCUT2D eigenvalue weighted by Gasteiger charge is 2.46. The highest BCUT2D eigenvalue weighted by Crippen LogP contribution is 2.40. The van der Waals surface area contributed by atoms with Crippen molar-refractivity contribution in [2.24, 2.45) is 0 Å². The minimum absolute atomic E-state index is 0.00495. The first-order valence-electron chi connectivity index (χ1n) is 8.75. The molecule has 4 nitrogen and oxygen atoms in total. The van der Waals surface area contributed by atoms with Gasteiger partial charge < -0.3 is 20.2 Å². The van der Waals surface area contributed by atoms with Crippen molar-refractivity contribution in [1.82, 2.24) is 15.1 Å². The smallest absolute Gasteiger partial charge is 0.0614 e. The largest absolute Gasteiger partial charge is 0.394 e. The maximum atomic E-state index is 9.88. The summed E-state index contributed by atoms with van der Waals surface area (Å²) in [5, 5.41) is 13.6. The maximum absolute atomic E-state index is 9.88. The number of nitrogens with zero attached hydrogens (tertiary/aromatic N) is 2. The van der Waals surface area contributed by atoms with E-state index in [-0.39, 0.29) is 5.54 Å². The third-order valence-corrected chi connectivity index (χ3v) is 6.37. The number of nitrogens with one attached hydrogen (secondary N) is 1. The Kier molecular flexibility index (Phi) is 4.34. The molecular formula is C17H33N3O. The Morgan fingerprint density at radius 3 is 2.29 bits per heavy atom. The van der Waals surface area contributed by atoms with E-state index in [2.05, 4.69) is 36.3 Å². The van der Waals surface area contributed by atoms with Crippen LogP contribution in [-0.2, 0) is 0 Å². The molecule has 2 atom stereocenters. The van der Waals surface area contributed by atoms with Crippen molar-refractivity contribution in [2.75, 3.05) is 34.3 Å². The van der Waals surface area contributed by atoms with Crippen molar-refractivity contribution in [3.8, 4) is 0 Å². The van der Waals surface area contributed by atoms with Crippen LogP contribution in [-0.4, -0.2) is 72.4 Å². The van der Waals surface area contributed by atoms with Crippen molar-refractivity contribution in [1.29, 1.82) is 0 Å². The molecule has 0 spiro atoms. The first-order valence-corrected chi connectivity index (χ1v) is 8.75. The third kappa shape index (κ3) is 3.14. The van der Waals surface area contributed by atoms with Gasteiger partial charge in [0.2, 0.25) is 0 Å². The van der Waals surface area contributed by atoms with Gasteiger partial charge in [0, 0.05) is 29.7 Å². The standard InChI is InChI=1S/C17H33N3O/c1-19(2)17(8-4-9-17)12-20(3)15-7-10-16(11-15,13-21)18-14-5-6-14/h14-15,18,21H,4-13H2,1-3H3. The molecular weight excluding hydrogens is 262 g/mol. The molecule has 3 saturated carbocycles. The number of rotatable bonds is 7. The van der Waals surface area contributed by atoms with E-state index < -0.39 is 0 Å². The van der Waals surface area contributed by atoms with E-state index >= 15 is 0 Å². The average molecular weight is 295 g/mol. The fourth-order valence-electron chi connectivity index (χ4n) is 4.38. The summed E-state index contributed by atoms with van der Waals surface area (Å²) in [7, 11) is 6.75. The SMILES string of the molecule is CN(CC1(N(C)C)CCC1)C1CCC(CO)(NC2CC2)C1. The van der Waals surface area contributed by atoms with Gasteiger partial charge >= 0.3 is 0 Å². The summed E-state index contributed by atoms with van der Waals surface area (Å²) in [4.78, 5) is 5.01. The number of hydrogen-bond acceptors (Lipinski definition) is 4. The normalized spacial score (nSPS) is 35.4. The van der Waals surface area contributed by atoms with E-state index in [4.69, 9.17) is 0 Å². The second-order valence-corrected chi connectivity index (χ2v) is 8.14. The molecule has 0 radical (unpaired) electrons. The molecule has 0 aliphatic heterocycles. The third-order valence-electron chi connectivity index (χ3n) is 6.37. The molecule has 0 bridgehead atoms. The summed E-state index contributed by atoms with van der Waals surface area (Å²) in [5.74, 6) is 0. The van der Waals surface area contributed by atoms with Gasteiger partial charge in [-0.1, -0.05) is 0 Å². The van der Waals surface area contributed by atoms with Crippen LogP contribution < -0.4 is 5.32 Å². The molecule has 21 heavy (non-hydrogen) atoms. The Morgan fingerprint density at radius 2 is 1.81 bits per heavy atom. The lowest BCUT2D eigenvalue weighted by Gasteiger charge is -2.50. The molecule has 0 amide bonds. The fourth-order valence-corrected chi connectivity index (χ4v) is 4.38. The topological polar surface area (TPSA) is 38.7 Å². The van der Waals surface area contributed by atoms with Crippen molar-refractivity contribution in [3.63, 3.8) is 0 Å². The highest BCUT2D eigenvalue weighted by atomic mass is 16.3. The van der Waals surface area contributed by atoms with Gasteiger partial charge in [-0.2, -0.15) is 0 Å². The van der Waals surface area contributed by atoms with E-state index in [1.54, 1.807) is 0 Å². The Bertz CT molecular complexity index is 365. The number of aliphatic hydroxyl groups excluding tert-OH is 1. The molecule has 3 rings (SSSR count). The molecule has 4 heteroatoms. The zero-order valence-electron chi connectivity index (χ0n) is 14.1. The van der Waals surface area contributed by atoms with Crippen LogP contribution in [0.3, 0.4) is 0 Å². The molecule has 0 heterocycles. The summed E-state index contributed by atoms with van der Waals surface area (Å²) >= 11 is 0. The van der Waals surface area contributed by atoms with Crippen LogP contribution in [0.25, 0.3) is 0 Å². The zero-order chi connectivity index (χ0) is 15.1. The average Bonchev–Trinajstić information content (AvgIpc) is 3.10. The van der Waals surface area contributed by atoms with E-state index in [1.165, 1.54) is 45.1 Å². The van der Waals surface area contributed by atoms with E-state index in [9.17, 15) is 5.11 Å². The van der Waals surface area contributed by atoms with Gasteiger partial charge in [0.1, 0.15) is 0 Å². The molecule has 3 aliphatic rings. The fraction of sp³-hybridized carbons (Fsp3) is 1.00. The number of aliphatic hydroxyl groups is 1. The van der Waals surface area contributed by atoms with Gasteiger partial charge in [0.05, 0.1) is 6.61 Å². The summed E-state index contributed by atoms with van der Waals surface area (Å²) in [6, 6.07) is 1.31. The molecule has 0 saturated heterocycles. The van der Waals surface area contributed by atoms with E-state index in [1.807, 2.05) is 0 Å². The molecule has 2 N–H and O–H groups in total. The lowest BCUT2D eigenvalue weighted by molar-refractivity contribution is 0.0151. The zero-order valence-corrected chi connectivity index (χ0v) is 14.1. The highest BCUT2D eigenvalue weighted by molar-refractivity contribution is 5.05. The van der Waals surface area contributed by atoms with Crippen LogP contribution in [0.5, 0.6) is 0 Å². The molecule has 122 valence electrons. The van der Waals surface area contributed by atoms with Crippen molar-refractivity contribution in [2.45, 2.75) is 74.5 Å². The van der Waals surface area contributed by atoms with E-state index in [0.717, 1.165) is 12.8 Å². The Hall–Kier alpha value is -0.160. The summed E-state index contributed by atoms with van der Waals surface area (Å²) in [6.45, 7) is 1.47. The van der Waals surface area contributed by atoms with Crippen molar-refractivity contribution >= 4 is 0 Å². The van der Waals surface area contributed by atoms with Crippen LogP contribution in [0.2, 0.25) is 0 Å². The summed E-state index contributed by atoms with van der Waals surface area (Å²) in [5.41, 5.74) is 0.411. The van der Waals surface area contributed by atoms with Crippen LogP contribution >= 0.6 is 0 Å². The Labute approximate surface area is 129 Å². The predicted molar refractivity (Wildman–Crippen MR) is 86.5 cm³/mol. The molecule has 3 aliphatic carbocycles. The van der Waals surface area contributed by atoms with Gasteiger partial charge in [-0.05, 0) is 72.5 Å². The van der Waals surface area contributed by atoms with Crippen molar-refractivity contribution in [3.05, 3.63) is 0 Å². The lowest BCUT2D eigenvalue weighted by Crippen LogP contribution is -2.58. The monoisotopic (exact) mass is 295 g/mol. The van der Waals surface area contributed by atoms with E-state index in [0.29, 0.717) is 24.2 Å². The van der Waals surface area contributed by atoms with Gasteiger partial charge in [-0.3, -0.25) is 0 Å². The lowest BCUT2D eigenvalue weighted by atomic mass is 9.75. The maximum Gasteiger partial charge on any atom is 0.0614 e.